The van der Waals surface area contributed by atoms with E-state index in [-0.39, 0.29) is 5.56 Å². The molecule has 0 spiro atoms. The van der Waals surface area contributed by atoms with Crippen LogP contribution in [0, 0.1) is 0 Å². The number of allylic oxidation sites excluding steroid dienone is 2. The molecule has 0 fully saturated rings. The minimum absolute atomic E-state index is 0.208. The van der Waals surface area contributed by atoms with Crippen LogP contribution in [0.1, 0.15) is 15.9 Å². The van der Waals surface area contributed by atoms with Gasteiger partial charge >= 0.3 is 5.97 Å². The fourth-order valence-electron chi connectivity index (χ4n) is 1.86. The van der Waals surface area contributed by atoms with Crippen LogP contribution in [0.3, 0.4) is 0 Å². The van der Waals surface area contributed by atoms with Crippen molar-refractivity contribution < 1.29 is 14.6 Å². The number of benzene rings is 1. The monoisotopic (exact) mass is 300 g/mol. The number of rotatable bonds is 3. The van der Waals surface area contributed by atoms with E-state index in [2.05, 4.69) is 22.0 Å². The number of hydrogen-bond acceptors (Lipinski definition) is 4. The largest absolute Gasteiger partial charge is 0.478 e. The van der Waals surface area contributed by atoms with E-state index in [9.17, 15) is 4.79 Å². The summed E-state index contributed by atoms with van der Waals surface area (Å²) < 4.78 is 5.67. The van der Waals surface area contributed by atoms with Crippen molar-refractivity contribution in [3.63, 3.8) is 0 Å². The maximum Gasteiger partial charge on any atom is 0.335 e. The summed E-state index contributed by atoms with van der Waals surface area (Å²) in [5.41, 5.74) is 10.1. The molecule has 5 nitrogen and oxygen atoms in total. The Labute approximate surface area is 125 Å². The highest BCUT2D eigenvalue weighted by Gasteiger charge is 2.24. The van der Waals surface area contributed by atoms with Gasteiger partial charge in [-0.25, -0.2) is 4.79 Å². The van der Waals surface area contributed by atoms with Gasteiger partial charge in [-0.1, -0.05) is 23.1 Å². The lowest BCUT2D eigenvalue weighted by Crippen LogP contribution is -2.23. The van der Waals surface area contributed by atoms with Gasteiger partial charge in [0.2, 0.25) is 12.1 Å². The summed E-state index contributed by atoms with van der Waals surface area (Å²) in [6.07, 6.45) is 2.82. The van der Waals surface area contributed by atoms with E-state index in [0.29, 0.717) is 22.1 Å². The number of halogens is 1. The summed E-state index contributed by atoms with van der Waals surface area (Å²) in [6.45, 7) is 0. The summed E-state index contributed by atoms with van der Waals surface area (Å²) in [4.78, 5) is 10.8. The van der Waals surface area contributed by atoms with Crippen LogP contribution in [-0.4, -0.2) is 23.2 Å². The molecule has 0 radical (unpaired) electrons. The van der Waals surface area contributed by atoms with Crippen molar-refractivity contribution in [3.8, 4) is 0 Å². The first kappa shape index (κ1) is 13.3. The third-order valence-corrected chi connectivity index (χ3v) is 3.11. The van der Waals surface area contributed by atoms with Crippen molar-refractivity contribution in [2.75, 3.05) is 0 Å². The lowest BCUT2D eigenvalue weighted by molar-refractivity contribution is 0.0697. The number of hydrazone groups is 1. The van der Waals surface area contributed by atoms with Gasteiger partial charge in [0, 0.05) is 11.6 Å². The summed E-state index contributed by atoms with van der Waals surface area (Å²) >= 11 is 5.90. The van der Waals surface area contributed by atoms with Crippen molar-refractivity contribution in [1.29, 1.82) is 0 Å². The molecular weight excluding hydrogens is 292 g/mol. The molecule has 0 bridgehead atoms. The predicted molar refractivity (Wildman–Crippen MR) is 77.0 cm³/mol. The maximum atomic E-state index is 10.8. The lowest BCUT2D eigenvalue weighted by atomic mass is 10.1. The number of ether oxygens (including phenoxy) is 1. The lowest BCUT2D eigenvalue weighted by Gasteiger charge is -2.11. The summed E-state index contributed by atoms with van der Waals surface area (Å²) in [7, 11) is 0. The van der Waals surface area contributed by atoms with Crippen LogP contribution in [0.15, 0.2) is 63.6 Å². The third kappa shape index (κ3) is 2.76. The number of hydrogen-bond donors (Lipinski definition) is 2. The van der Waals surface area contributed by atoms with Crippen molar-refractivity contribution in [3.05, 3.63) is 69.6 Å². The first-order chi connectivity index (χ1) is 10.1. The van der Waals surface area contributed by atoms with Gasteiger partial charge in [-0.2, -0.15) is 0 Å². The van der Waals surface area contributed by atoms with Crippen LogP contribution in [0.5, 0.6) is 0 Å². The number of nitrogens with one attached hydrogen (secondary N) is 1. The maximum absolute atomic E-state index is 10.8. The standard InChI is InChI=1S/C15H9ClN2O3/c16-12-3-1-2-11(8-12)14-18-17-13(21-14)9-4-6-10(7-5-9)15(19)20/h3-8,14,18H,(H,19,20). The zero-order valence-corrected chi connectivity index (χ0v) is 11.4. The minimum atomic E-state index is -0.976. The van der Waals surface area contributed by atoms with Gasteiger partial charge < -0.3 is 9.84 Å². The number of carbonyl (C=O) groups is 1. The van der Waals surface area contributed by atoms with Crippen LogP contribution in [0.4, 0.5) is 0 Å². The molecule has 0 aromatic heterocycles. The van der Waals surface area contributed by atoms with Crippen LogP contribution < -0.4 is 5.43 Å². The zero-order chi connectivity index (χ0) is 14.8. The average molecular weight is 301 g/mol. The van der Waals surface area contributed by atoms with Gasteiger partial charge in [-0.15, -0.1) is 5.10 Å². The van der Waals surface area contributed by atoms with Crippen molar-refractivity contribution in [2.45, 2.75) is 6.23 Å². The molecular formula is C15H9ClN2O3. The molecule has 1 aliphatic heterocycles. The third-order valence-electron chi connectivity index (χ3n) is 2.89. The fourth-order valence-corrected chi connectivity index (χ4v) is 2.03. The van der Waals surface area contributed by atoms with E-state index in [4.69, 9.17) is 21.4 Å². The summed E-state index contributed by atoms with van der Waals surface area (Å²) in [5.74, 6) is -0.596. The quantitative estimate of drug-likeness (QED) is 0.841. The Hall–Kier alpha value is -2.71. The van der Waals surface area contributed by atoms with E-state index >= 15 is 0 Å². The molecule has 1 heterocycles. The molecule has 0 saturated heterocycles. The van der Waals surface area contributed by atoms with Crippen LogP contribution in [0.2, 0.25) is 0 Å². The highest BCUT2D eigenvalue weighted by molar-refractivity contribution is 6.31. The second-order valence-corrected chi connectivity index (χ2v) is 4.76. The van der Waals surface area contributed by atoms with Gasteiger partial charge in [0.25, 0.3) is 0 Å². The van der Waals surface area contributed by atoms with E-state index in [1.165, 1.54) is 12.1 Å². The summed E-state index contributed by atoms with van der Waals surface area (Å²) in [6, 6.07) is 6.27. The van der Waals surface area contributed by atoms with E-state index in [1.54, 1.807) is 24.3 Å². The average Bonchev–Trinajstić information content (AvgIpc) is 2.97. The van der Waals surface area contributed by atoms with Crippen molar-refractivity contribution >= 4 is 23.5 Å². The second kappa shape index (κ2) is 5.35. The molecule has 1 atom stereocenters. The highest BCUT2D eigenvalue weighted by atomic mass is 35.5. The molecule has 2 aliphatic rings. The van der Waals surface area contributed by atoms with Crippen LogP contribution in [0.25, 0.3) is 0 Å². The molecule has 1 aromatic carbocycles. The first-order valence-corrected chi connectivity index (χ1v) is 6.44. The Balaban J connectivity index is 1.77. The number of nitrogens with zero attached hydrogens (tertiary/aromatic N) is 1. The smallest absolute Gasteiger partial charge is 0.335 e. The van der Waals surface area contributed by atoms with Crippen molar-refractivity contribution in [2.24, 2.45) is 5.10 Å². The molecule has 1 aromatic rings. The first-order valence-electron chi connectivity index (χ1n) is 6.06. The molecule has 0 saturated carbocycles. The Morgan fingerprint density at radius 1 is 1.38 bits per heavy atom. The van der Waals surface area contributed by atoms with Gasteiger partial charge in [0.05, 0.1) is 16.2 Å². The number of aromatic carboxylic acids is 1. The Morgan fingerprint density at radius 2 is 2.14 bits per heavy atom. The summed E-state index contributed by atoms with van der Waals surface area (Å²) in [5, 5.41) is 13.5. The number of carboxylic acids is 1. The molecule has 1 unspecified atom stereocenters. The van der Waals surface area contributed by atoms with Crippen LogP contribution >= 0.6 is 11.6 Å². The SMILES string of the molecule is O=C(O)c1ccc(C2=NNC(C3=C=C=CC(Cl)=C3)O2)cc1. The van der Waals surface area contributed by atoms with Gasteiger partial charge in [-0.3, -0.25) is 5.43 Å². The van der Waals surface area contributed by atoms with Gasteiger partial charge in [0.15, 0.2) is 0 Å². The highest BCUT2D eigenvalue weighted by Crippen LogP contribution is 2.19. The van der Waals surface area contributed by atoms with E-state index in [1.807, 2.05) is 0 Å². The Bertz CT molecular complexity index is 765. The fraction of sp³-hybridized carbons (Fsp3) is 0.0667. The van der Waals surface area contributed by atoms with Gasteiger partial charge in [-0.05, 0) is 30.3 Å². The Morgan fingerprint density at radius 3 is 2.81 bits per heavy atom. The zero-order valence-electron chi connectivity index (χ0n) is 10.6. The van der Waals surface area contributed by atoms with Crippen molar-refractivity contribution in [1.82, 2.24) is 5.43 Å². The Kier molecular flexibility index (Phi) is 3.38. The minimum Gasteiger partial charge on any atom is -0.478 e. The van der Waals surface area contributed by atoms with E-state index in [0.717, 1.165) is 0 Å². The predicted octanol–water partition coefficient (Wildman–Crippen LogP) is 2.37. The molecule has 6 heteroatoms. The molecule has 0 amide bonds. The molecule has 3 rings (SSSR count). The van der Waals surface area contributed by atoms with Gasteiger partial charge in [0.1, 0.15) is 0 Å². The number of carboxylic acid groups (broad SMARTS) is 1. The normalized spacial score (nSPS) is 19.3. The van der Waals surface area contributed by atoms with Crippen LogP contribution in [-0.2, 0) is 4.74 Å². The molecule has 1 aliphatic carbocycles. The topological polar surface area (TPSA) is 70.9 Å². The van der Waals surface area contributed by atoms with E-state index < -0.39 is 12.2 Å². The molecule has 104 valence electrons. The molecule has 2 N–H and O–H groups in total. The second-order valence-electron chi connectivity index (χ2n) is 4.32. The molecule has 21 heavy (non-hydrogen) atoms.